The van der Waals surface area contributed by atoms with E-state index in [0.29, 0.717) is 20.0 Å². The van der Waals surface area contributed by atoms with Crippen LogP contribution in [-0.2, 0) is 23.2 Å². The van der Waals surface area contributed by atoms with Gasteiger partial charge in [-0.25, -0.2) is 0 Å². The summed E-state index contributed by atoms with van der Waals surface area (Å²) in [6, 6.07) is 36.6. The summed E-state index contributed by atoms with van der Waals surface area (Å²) in [6.07, 6.45) is 18.3. The molecular formula is C56H67N3O3. The first-order valence-corrected chi connectivity index (χ1v) is 22.2. The van der Waals surface area contributed by atoms with Crippen molar-refractivity contribution in [2.45, 2.75) is 87.2 Å². The second kappa shape index (κ2) is 20.7. The molecular weight excluding hydrogens is 763 g/mol. The lowest BCUT2D eigenvalue weighted by molar-refractivity contribution is 0.137. The SMILES string of the molecule is CC.CC1=C(/C=C(\C)C(C)(C)/C(C)=C/C=C(\C)C(C)(c2cccc(CN(CO)C3=CC=CCC=C3)c2)c2ccc3c(c2)CN(c2ccccc2)CO3)CN(c2ccccc2)CO1. The molecule has 6 heteroatoms. The van der Waals surface area contributed by atoms with Gasteiger partial charge in [-0.2, -0.15) is 0 Å². The second-order valence-corrected chi connectivity index (χ2v) is 17.0. The Balaban J connectivity index is 0.00000316. The van der Waals surface area contributed by atoms with Crippen molar-refractivity contribution in [3.63, 3.8) is 0 Å². The van der Waals surface area contributed by atoms with Crippen LogP contribution in [-0.4, -0.2) is 36.7 Å². The van der Waals surface area contributed by atoms with Crippen LogP contribution >= 0.6 is 0 Å². The molecule has 1 atom stereocenters. The van der Waals surface area contributed by atoms with E-state index >= 15 is 0 Å². The van der Waals surface area contributed by atoms with Gasteiger partial charge in [0, 0.05) is 58.7 Å². The fourth-order valence-electron chi connectivity index (χ4n) is 8.14. The molecule has 0 bridgehead atoms. The van der Waals surface area contributed by atoms with Gasteiger partial charge < -0.3 is 29.3 Å². The highest BCUT2D eigenvalue weighted by Crippen LogP contribution is 2.43. The molecule has 0 fully saturated rings. The Labute approximate surface area is 372 Å². The Bertz CT molecular complexity index is 2370. The van der Waals surface area contributed by atoms with Gasteiger partial charge in [0.2, 0.25) is 0 Å². The fraction of sp³-hybridized carbons (Fsp3) is 0.321. The third-order valence-electron chi connectivity index (χ3n) is 13.0. The maximum Gasteiger partial charge on any atom is 0.161 e. The molecule has 0 amide bonds. The van der Waals surface area contributed by atoms with Crippen LogP contribution < -0.4 is 14.5 Å². The smallest absolute Gasteiger partial charge is 0.161 e. The summed E-state index contributed by atoms with van der Waals surface area (Å²) in [7, 11) is 0. The van der Waals surface area contributed by atoms with Gasteiger partial charge in [0.15, 0.2) is 13.5 Å². The number of fused-ring (bicyclic) bond motifs is 1. The van der Waals surface area contributed by atoms with Crippen LogP contribution in [0.15, 0.2) is 185 Å². The Morgan fingerprint density at radius 3 is 2.06 bits per heavy atom. The normalized spacial score (nSPS) is 16.9. The molecule has 1 N–H and O–H groups in total. The minimum Gasteiger partial charge on any atom is -0.477 e. The fourth-order valence-corrected chi connectivity index (χ4v) is 8.14. The third-order valence-corrected chi connectivity index (χ3v) is 13.0. The van der Waals surface area contributed by atoms with Gasteiger partial charge in [-0.1, -0.05) is 148 Å². The monoisotopic (exact) mass is 830 g/mol. The molecule has 1 unspecified atom stereocenters. The first-order valence-electron chi connectivity index (χ1n) is 22.2. The molecule has 0 spiro atoms. The van der Waals surface area contributed by atoms with E-state index in [1.54, 1.807) is 0 Å². The number of aliphatic hydroxyl groups is 1. The molecule has 7 rings (SSSR count). The lowest BCUT2D eigenvalue weighted by Crippen LogP contribution is -2.32. The predicted octanol–water partition coefficient (Wildman–Crippen LogP) is 13.2. The highest BCUT2D eigenvalue weighted by molar-refractivity contribution is 5.56. The molecule has 6 nitrogen and oxygen atoms in total. The predicted molar refractivity (Wildman–Crippen MR) is 260 cm³/mol. The molecule has 2 aliphatic heterocycles. The second-order valence-electron chi connectivity index (χ2n) is 17.0. The standard InChI is InChI=1S/C54H61N3O3.C2H6/c1-40(53(5,6)42(3)31-45-35-56(38-59-43(45)4)50-23-14-10-15-24-50)27-28-41(2)54(7,47-20-18-19-44(32-47)34-55(37-58)49-21-12-8-9-13-22-49)48-29-30-52-46(33-48)36-57(39-60-52)51-25-16-11-17-26-51;1-2/h8,10-33,58H,9,34-39H2,1-7H3;1-2H3/b40-27+,41-28+,42-31+;. The van der Waals surface area contributed by atoms with Gasteiger partial charge in [0.1, 0.15) is 18.2 Å². The number of benzene rings is 4. The molecule has 4 aromatic rings. The molecule has 62 heavy (non-hydrogen) atoms. The molecule has 324 valence electrons. The number of nitrogens with zero attached hydrogens (tertiary/aromatic N) is 3. The van der Waals surface area contributed by atoms with Crippen molar-refractivity contribution in [1.29, 1.82) is 0 Å². The third kappa shape index (κ3) is 10.4. The number of anilines is 2. The van der Waals surface area contributed by atoms with E-state index in [9.17, 15) is 5.11 Å². The van der Waals surface area contributed by atoms with E-state index in [1.807, 2.05) is 18.7 Å². The zero-order valence-electron chi connectivity index (χ0n) is 38.5. The van der Waals surface area contributed by atoms with Crippen LogP contribution in [0.25, 0.3) is 0 Å². The minimum absolute atomic E-state index is 0.0734. The number of hydrogen-bond donors (Lipinski definition) is 1. The van der Waals surface area contributed by atoms with Crippen molar-refractivity contribution in [2.24, 2.45) is 5.41 Å². The Kier molecular flexibility index (Phi) is 15.2. The molecule has 3 aliphatic rings. The summed E-state index contributed by atoms with van der Waals surface area (Å²) < 4.78 is 12.5. The lowest BCUT2D eigenvalue weighted by Gasteiger charge is -2.36. The molecule has 0 aromatic heterocycles. The van der Waals surface area contributed by atoms with Gasteiger partial charge in [0.05, 0.1) is 0 Å². The quantitative estimate of drug-likeness (QED) is 0.107. The average molecular weight is 830 g/mol. The molecule has 4 aromatic carbocycles. The number of rotatable bonds is 13. The Hall–Kier alpha value is -5.98. The van der Waals surface area contributed by atoms with Crippen LogP contribution in [0.3, 0.4) is 0 Å². The minimum atomic E-state index is -0.484. The van der Waals surface area contributed by atoms with Gasteiger partial charge in [-0.3, -0.25) is 0 Å². The highest BCUT2D eigenvalue weighted by Gasteiger charge is 2.33. The van der Waals surface area contributed by atoms with Crippen molar-refractivity contribution < 1.29 is 14.6 Å². The molecule has 0 saturated carbocycles. The summed E-state index contributed by atoms with van der Waals surface area (Å²) in [5.74, 6) is 1.91. The highest BCUT2D eigenvalue weighted by atomic mass is 16.5. The lowest BCUT2D eigenvalue weighted by atomic mass is 9.70. The van der Waals surface area contributed by atoms with Crippen LogP contribution in [0.4, 0.5) is 11.4 Å². The van der Waals surface area contributed by atoms with Crippen LogP contribution in [0.5, 0.6) is 5.75 Å². The first-order chi connectivity index (χ1) is 30.0. The van der Waals surface area contributed by atoms with E-state index < -0.39 is 5.41 Å². The zero-order valence-corrected chi connectivity index (χ0v) is 38.5. The molecule has 0 saturated heterocycles. The summed E-state index contributed by atoms with van der Waals surface area (Å²) in [5.41, 5.74) is 12.3. The summed E-state index contributed by atoms with van der Waals surface area (Å²) in [6.45, 7) is 22.9. The number of hydrogen-bond acceptors (Lipinski definition) is 6. The summed E-state index contributed by atoms with van der Waals surface area (Å²) in [4.78, 5) is 6.57. The van der Waals surface area contributed by atoms with Crippen molar-refractivity contribution in [3.05, 3.63) is 208 Å². The van der Waals surface area contributed by atoms with E-state index in [2.05, 4.69) is 210 Å². The van der Waals surface area contributed by atoms with Crippen molar-refractivity contribution in [1.82, 2.24) is 4.90 Å². The van der Waals surface area contributed by atoms with E-state index in [-0.39, 0.29) is 12.1 Å². The van der Waals surface area contributed by atoms with Crippen molar-refractivity contribution in [2.75, 3.05) is 36.5 Å². The van der Waals surface area contributed by atoms with Crippen molar-refractivity contribution >= 4 is 11.4 Å². The average Bonchev–Trinajstić information content (AvgIpc) is 3.61. The van der Waals surface area contributed by atoms with Gasteiger partial charge in [0.25, 0.3) is 0 Å². The Morgan fingerprint density at radius 2 is 1.37 bits per heavy atom. The number of ether oxygens (including phenoxy) is 2. The van der Waals surface area contributed by atoms with Gasteiger partial charge in [-0.05, 0) is 106 Å². The first kappa shape index (κ1) is 45.5. The molecule has 1 aliphatic carbocycles. The van der Waals surface area contributed by atoms with Crippen LogP contribution in [0, 0.1) is 5.41 Å². The largest absolute Gasteiger partial charge is 0.477 e. The van der Waals surface area contributed by atoms with Gasteiger partial charge >= 0.3 is 0 Å². The molecule has 0 radical (unpaired) electrons. The maximum atomic E-state index is 10.5. The maximum absolute atomic E-state index is 10.5. The topological polar surface area (TPSA) is 48.4 Å². The van der Waals surface area contributed by atoms with E-state index in [0.717, 1.165) is 53.7 Å². The van der Waals surface area contributed by atoms with Crippen molar-refractivity contribution in [3.8, 4) is 5.75 Å². The summed E-state index contributed by atoms with van der Waals surface area (Å²) in [5, 5.41) is 10.5. The van der Waals surface area contributed by atoms with Crippen LogP contribution in [0.2, 0.25) is 0 Å². The Morgan fingerprint density at radius 1 is 0.726 bits per heavy atom. The van der Waals surface area contributed by atoms with E-state index in [4.69, 9.17) is 9.47 Å². The van der Waals surface area contributed by atoms with Gasteiger partial charge in [-0.15, -0.1) is 0 Å². The molecule has 2 heterocycles. The number of aliphatic hydroxyl groups excluding tert-OH is 1. The zero-order chi connectivity index (χ0) is 44.3. The summed E-state index contributed by atoms with van der Waals surface area (Å²) >= 11 is 0. The number of allylic oxidation sites excluding steroid dienone is 11. The van der Waals surface area contributed by atoms with Crippen LogP contribution in [0.1, 0.15) is 91.0 Å². The van der Waals surface area contributed by atoms with E-state index in [1.165, 1.54) is 39.0 Å². The number of para-hydroxylation sites is 2.